The smallest absolute Gasteiger partial charge is 0.133 e. The van der Waals surface area contributed by atoms with E-state index < -0.39 is 0 Å². The van der Waals surface area contributed by atoms with Gasteiger partial charge in [-0.15, -0.1) is 0 Å². The molecule has 0 bridgehead atoms. The zero-order valence-electron chi connectivity index (χ0n) is 11.7. The van der Waals surface area contributed by atoms with Gasteiger partial charge in [0.2, 0.25) is 0 Å². The van der Waals surface area contributed by atoms with Crippen LogP contribution in [-0.4, -0.2) is 14.2 Å². The zero-order valence-corrected chi connectivity index (χ0v) is 13.3. The summed E-state index contributed by atoms with van der Waals surface area (Å²) in [5.41, 5.74) is 2.47. The fraction of sp³-hybridized carbons (Fsp3) is 0.250. The molecule has 0 radical (unpaired) electrons. The van der Waals surface area contributed by atoms with Crippen molar-refractivity contribution in [1.29, 1.82) is 0 Å². The van der Waals surface area contributed by atoms with Crippen molar-refractivity contribution in [3.05, 3.63) is 58.1 Å². The number of halogens is 1. The third-order valence-electron chi connectivity index (χ3n) is 3.15. The number of para-hydroxylation sites is 1. The summed E-state index contributed by atoms with van der Waals surface area (Å²) in [6.07, 6.45) is 0. The van der Waals surface area contributed by atoms with E-state index in [1.807, 2.05) is 24.3 Å². The molecule has 0 spiro atoms. The predicted molar refractivity (Wildman–Crippen MR) is 83.0 cm³/mol. The summed E-state index contributed by atoms with van der Waals surface area (Å²) >= 11 is 3.51. The minimum absolute atomic E-state index is 0.860. The number of rotatable bonds is 6. The van der Waals surface area contributed by atoms with Crippen molar-refractivity contribution in [2.75, 3.05) is 14.2 Å². The van der Waals surface area contributed by atoms with Crippen LogP contribution in [-0.2, 0) is 13.1 Å². The first-order valence-electron chi connectivity index (χ1n) is 6.50. The van der Waals surface area contributed by atoms with Crippen LogP contribution in [0.25, 0.3) is 0 Å². The highest BCUT2D eigenvalue weighted by Gasteiger charge is 2.05. The van der Waals surface area contributed by atoms with Gasteiger partial charge in [0.05, 0.1) is 18.7 Å². The fourth-order valence-electron chi connectivity index (χ4n) is 2.10. The molecular formula is C16H19BrNO2+. The predicted octanol–water partition coefficient (Wildman–Crippen LogP) is 2.73. The molecule has 2 aromatic carbocycles. The molecule has 0 heterocycles. The number of quaternary nitrogens is 1. The highest BCUT2D eigenvalue weighted by molar-refractivity contribution is 9.10. The molecule has 106 valence electrons. The maximum atomic E-state index is 5.35. The number of hydrogen-bond acceptors (Lipinski definition) is 2. The van der Waals surface area contributed by atoms with Gasteiger partial charge in [0.1, 0.15) is 24.6 Å². The van der Waals surface area contributed by atoms with E-state index in [2.05, 4.69) is 39.4 Å². The van der Waals surface area contributed by atoms with Crippen LogP contribution in [0, 0.1) is 0 Å². The molecule has 0 aliphatic carbocycles. The number of methoxy groups -OCH3 is 2. The van der Waals surface area contributed by atoms with Crippen LogP contribution in [0.5, 0.6) is 11.5 Å². The maximum Gasteiger partial charge on any atom is 0.133 e. The highest BCUT2D eigenvalue weighted by atomic mass is 79.9. The van der Waals surface area contributed by atoms with Crippen molar-refractivity contribution in [2.45, 2.75) is 13.1 Å². The van der Waals surface area contributed by atoms with Gasteiger partial charge in [0, 0.05) is 11.1 Å². The second kappa shape index (κ2) is 7.31. The third-order valence-corrected chi connectivity index (χ3v) is 3.77. The van der Waals surface area contributed by atoms with Gasteiger partial charge in [-0.1, -0.05) is 12.1 Å². The van der Waals surface area contributed by atoms with E-state index in [4.69, 9.17) is 9.47 Å². The minimum atomic E-state index is 0.860. The molecule has 0 aromatic heterocycles. The second-order valence-corrected chi connectivity index (χ2v) is 5.33. The molecule has 2 N–H and O–H groups in total. The lowest BCUT2D eigenvalue weighted by atomic mass is 10.2. The molecule has 3 nitrogen and oxygen atoms in total. The fourth-order valence-corrected chi connectivity index (χ4v) is 2.69. The lowest BCUT2D eigenvalue weighted by Crippen LogP contribution is -2.80. The lowest BCUT2D eigenvalue weighted by molar-refractivity contribution is -0.686. The quantitative estimate of drug-likeness (QED) is 0.880. The summed E-state index contributed by atoms with van der Waals surface area (Å²) in [6, 6.07) is 14.3. The van der Waals surface area contributed by atoms with E-state index in [1.165, 1.54) is 11.1 Å². The monoisotopic (exact) mass is 336 g/mol. The molecule has 20 heavy (non-hydrogen) atoms. The molecule has 0 saturated heterocycles. The maximum absolute atomic E-state index is 5.35. The van der Waals surface area contributed by atoms with Gasteiger partial charge in [-0.05, 0) is 46.3 Å². The van der Waals surface area contributed by atoms with Crippen LogP contribution >= 0.6 is 15.9 Å². The van der Waals surface area contributed by atoms with Crippen molar-refractivity contribution in [3.8, 4) is 11.5 Å². The average molecular weight is 337 g/mol. The Kier molecular flexibility index (Phi) is 5.44. The Balaban J connectivity index is 1.94. The lowest BCUT2D eigenvalue weighted by Gasteiger charge is -2.08. The van der Waals surface area contributed by atoms with Crippen LogP contribution in [0.15, 0.2) is 46.9 Å². The number of benzene rings is 2. The van der Waals surface area contributed by atoms with Gasteiger partial charge < -0.3 is 14.8 Å². The van der Waals surface area contributed by atoms with Gasteiger partial charge >= 0.3 is 0 Å². The van der Waals surface area contributed by atoms with E-state index in [1.54, 1.807) is 14.2 Å². The van der Waals surface area contributed by atoms with Crippen LogP contribution in [0.4, 0.5) is 0 Å². The van der Waals surface area contributed by atoms with Crippen molar-refractivity contribution in [1.82, 2.24) is 0 Å². The van der Waals surface area contributed by atoms with Crippen LogP contribution in [0.3, 0.4) is 0 Å². The van der Waals surface area contributed by atoms with Crippen molar-refractivity contribution in [2.24, 2.45) is 0 Å². The first-order chi connectivity index (χ1) is 9.74. The van der Waals surface area contributed by atoms with Gasteiger partial charge in [-0.3, -0.25) is 0 Å². The summed E-state index contributed by atoms with van der Waals surface area (Å²) < 4.78 is 11.6. The molecule has 4 heteroatoms. The molecule has 0 amide bonds. The zero-order chi connectivity index (χ0) is 14.4. The van der Waals surface area contributed by atoms with Crippen molar-refractivity contribution >= 4 is 15.9 Å². The second-order valence-electron chi connectivity index (χ2n) is 4.48. The number of nitrogens with two attached hydrogens (primary N) is 1. The molecule has 0 aliphatic heterocycles. The van der Waals surface area contributed by atoms with Gasteiger partial charge in [-0.2, -0.15) is 0 Å². The Morgan fingerprint density at radius 1 is 0.950 bits per heavy atom. The first-order valence-corrected chi connectivity index (χ1v) is 7.30. The summed E-state index contributed by atoms with van der Waals surface area (Å²) in [5.74, 6) is 1.80. The highest BCUT2D eigenvalue weighted by Crippen LogP contribution is 2.25. The van der Waals surface area contributed by atoms with E-state index >= 15 is 0 Å². The number of hydrogen-bond donors (Lipinski definition) is 1. The van der Waals surface area contributed by atoms with E-state index in [9.17, 15) is 0 Å². The topological polar surface area (TPSA) is 35.1 Å². The van der Waals surface area contributed by atoms with E-state index in [0.717, 1.165) is 29.1 Å². The summed E-state index contributed by atoms with van der Waals surface area (Å²) in [4.78, 5) is 0. The van der Waals surface area contributed by atoms with Gasteiger partial charge in [0.25, 0.3) is 0 Å². The largest absolute Gasteiger partial charge is 0.496 e. The molecule has 0 atom stereocenters. The Hall–Kier alpha value is -1.52. The van der Waals surface area contributed by atoms with Gasteiger partial charge in [-0.25, -0.2) is 0 Å². The van der Waals surface area contributed by atoms with E-state index in [0.29, 0.717) is 0 Å². The Morgan fingerprint density at radius 3 is 2.40 bits per heavy atom. The molecule has 0 saturated carbocycles. The third kappa shape index (κ3) is 3.74. The summed E-state index contributed by atoms with van der Waals surface area (Å²) in [6.45, 7) is 1.81. The Labute approximate surface area is 128 Å². The first kappa shape index (κ1) is 14.9. The van der Waals surface area contributed by atoms with Crippen LogP contribution in [0.2, 0.25) is 0 Å². The average Bonchev–Trinajstić information content (AvgIpc) is 2.48. The van der Waals surface area contributed by atoms with Crippen LogP contribution in [0.1, 0.15) is 11.1 Å². The Morgan fingerprint density at radius 2 is 1.70 bits per heavy atom. The van der Waals surface area contributed by atoms with Crippen molar-refractivity contribution in [3.63, 3.8) is 0 Å². The standard InChI is InChI=1S/C16H18BrNO2/c1-19-15-6-4-3-5-13(15)11-18-10-12-7-8-16(20-2)14(17)9-12/h3-9,18H,10-11H2,1-2H3/p+1. The Bertz CT molecular complexity index is 572. The molecule has 2 rings (SSSR count). The molecular weight excluding hydrogens is 318 g/mol. The van der Waals surface area contributed by atoms with Gasteiger partial charge in [0.15, 0.2) is 0 Å². The normalized spacial score (nSPS) is 10.3. The van der Waals surface area contributed by atoms with E-state index in [-0.39, 0.29) is 0 Å². The van der Waals surface area contributed by atoms with Crippen LogP contribution < -0.4 is 14.8 Å². The molecule has 0 fully saturated rings. The minimum Gasteiger partial charge on any atom is -0.496 e. The molecule has 0 unspecified atom stereocenters. The van der Waals surface area contributed by atoms with Crippen molar-refractivity contribution < 1.29 is 14.8 Å². The summed E-state index contributed by atoms with van der Waals surface area (Å²) in [7, 11) is 3.38. The summed E-state index contributed by atoms with van der Waals surface area (Å²) in [5, 5.41) is 2.26. The molecule has 2 aromatic rings. The number of ether oxygens (including phenoxy) is 2. The molecule has 0 aliphatic rings. The SMILES string of the molecule is COc1ccc(C[NH2+]Cc2ccccc2OC)cc1Br.